The molecule has 28 heavy (non-hydrogen) atoms. The largest absolute Gasteiger partial charge is 0.361 e. The number of aromatic nitrogens is 1. The molecule has 0 aliphatic carbocycles. The highest BCUT2D eigenvalue weighted by atomic mass is 32.2. The van der Waals surface area contributed by atoms with Gasteiger partial charge in [0.25, 0.3) is 0 Å². The summed E-state index contributed by atoms with van der Waals surface area (Å²) in [7, 11) is -3.26. The molecule has 0 saturated heterocycles. The third-order valence-electron chi connectivity index (χ3n) is 4.92. The normalized spacial score (nSPS) is 16.2. The van der Waals surface area contributed by atoms with Crippen LogP contribution in [0.2, 0.25) is 0 Å². The molecular formula is C21H23N3O2S2. The van der Waals surface area contributed by atoms with Crippen molar-refractivity contribution in [3.63, 3.8) is 0 Å². The summed E-state index contributed by atoms with van der Waals surface area (Å²) in [6, 6.07) is 16.3. The molecule has 7 heteroatoms. The van der Waals surface area contributed by atoms with Crippen molar-refractivity contribution in [1.29, 1.82) is 0 Å². The molecule has 0 bridgehead atoms. The van der Waals surface area contributed by atoms with Crippen molar-refractivity contribution >= 4 is 32.2 Å². The van der Waals surface area contributed by atoms with Gasteiger partial charge < -0.3 is 5.32 Å². The maximum absolute atomic E-state index is 12.1. The van der Waals surface area contributed by atoms with Crippen LogP contribution in [0.1, 0.15) is 18.1 Å². The summed E-state index contributed by atoms with van der Waals surface area (Å²) in [5.41, 5.74) is 5.08. The second-order valence-electron chi connectivity index (χ2n) is 7.16. The second-order valence-corrected chi connectivity index (χ2v) is 9.87. The van der Waals surface area contributed by atoms with Crippen LogP contribution in [-0.4, -0.2) is 32.2 Å². The number of rotatable bonds is 6. The van der Waals surface area contributed by atoms with Crippen LogP contribution in [0.4, 0.5) is 10.8 Å². The molecule has 2 aromatic carbocycles. The molecule has 5 nitrogen and oxygen atoms in total. The summed E-state index contributed by atoms with van der Waals surface area (Å²) in [5.74, 6) is 0. The van der Waals surface area contributed by atoms with E-state index in [0.29, 0.717) is 0 Å². The Morgan fingerprint density at radius 3 is 2.75 bits per heavy atom. The minimum Gasteiger partial charge on any atom is -0.361 e. The van der Waals surface area contributed by atoms with E-state index >= 15 is 0 Å². The number of benzene rings is 2. The molecule has 0 spiro atoms. The van der Waals surface area contributed by atoms with E-state index in [9.17, 15) is 8.42 Å². The van der Waals surface area contributed by atoms with E-state index in [1.165, 1.54) is 16.1 Å². The lowest BCUT2D eigenvalue weighted by Crippen LogP contribution is -2.34. The van der Waals surface area contributed by atoms with Crippen LogP contribution in [0.5, 0.6) is 0 Å². The van der Waals surface area contributed by atoms with E-state index in [0.717, 1.165) is 47.0 Å². The maximum Gasteiger partial charge on any atom is 0.232 e. The molecule has 1 N–H and O–H groups in total. The van der Waals surface area contributed by atoms with E-state index in [2.05, 4.69) is 35.6 Å². The zero-order valence-electron chi connectivity index (χ0n) is 15.9. The van der Waals surface area contributed by atoms with Crippen molar-refractivity contribution in [2.75, 3.05) is 22.4 Å². The predicted octanol–water partition coefficient (Wildman–Crippen LogP) is 4.18. The predicted molar refractivity (Wildman–Crippen MR) is 117 cm³/mol. The van der Waals surface area contributed by atoms with Gasteiger partial charge in [-0.2, -0.15) is 0 Å². The first-order valence-electron chi connectivity index (χ1n) is 9.28. The van der Waals surface area contributed by atoms with Crippen molar-refractivity contribution < 1.29 is 8.42 Å². The van der Waals surface area contributed by atoms with Crippen molar-refractivity contribution in [1.82, 2.24) is 4.98 Å². The molecular weight excluding hydrogens is 390 g/mol. The molecule has 0 saturated carbocycles. The highest BCUT2D eigenvalue weighted by Gasteiger charge is 2.32. The molecule has 1 aliphatic heterocycles. The fourth-order valence-corrected chi connectivity index (χ4v) is 5.73. The van der Waals surface area contributed by atoms with Crippen LogP contribution in [0.25, 0.3) is 11.3 Å². The van der Waals surface area contributed by atoms with Crippen molar-refractivity contribution in [2.24, 2.45) is 0 Å². The van der Waals surface area contributed by atoms with E-state index in [1.807, 2.05) is 30.5 Å². The highest BCUT2D eigenvalue weighted by Crippen LogP contribution is 2.37. The molecule has 1 atom stereocenters. The number of nitrogens with zero attached hydrogens (tertiary/aromatic N) is 2. The van der Waals surface area contributed by atoms with Crippen LogP contribution in [-0.2, 0) is 22.9 Å². The van der Waals surface area contributed by atoms with E-state index in [-0.39, 0.29) is 6.04 Å². The van der Waals surface area contributed by atoms with Crippen LogP contribution >= 0.6 is 11.3 Å². The molecule has 1 aliphatic rings. The van der Waals surface area contributed by atoms with Gasteiger partial charge in [-0.3, -0.25) is 4.31 Å². The van der Waals surface area contributed by atoms with Crippen LogP contribution in [0.3, 0.4) is 0 Å². The van der Waals surface area contributed by atoms with Gasteiger partial charge >= 0.3 is 0 Å². The summed E-state index contributed by atoms with van der Waals surface area (Å²) >= 11 is 1.59. The standard InChI is InChI=1S/C21H23N3O2S2/c1-15-12-18-13-17(8-9-20(18)24(15)28(2,25)26)19-14-27-21(23-19)22-11-10-16-6-4-3-5-7-16/h3-9,13-15H,10-12H2,1-2H3,(H,22,23). The molecule has 1 unspecified atom stereocenters. The van der Waals surface area contributed by atoms with E-state index in [1.54, 1.807) is 11.3 Å². The molecule has 4 rings (SSSR count). The molecule has 3 aromatic rings. The van der Waals surface area contributed by atoms with Crippen molar-refractivity contribution in [3.8, 4) is 11.3 Å². The summed E-state index contributed by atoms with van der Waals surface area (Å²) in [6.07, 6.45) is 2.94. The van der Waals surface area contributed by atoms with Crippen molar-refractivity contribution in [2.45, 2.75) is 25.8 Å². The highest BCUT2D eigenvalue weighted by molar-refractivity contribution is 7.92. The fraction of sp³-hybridized carbons (Fsp3) is 0.286. The molecule has 146 valence electrons. The summed E-state index contributed by atoms with van der Waals surface area (Å²) in [4.78, 5) is 4.70. The number of sulfonamides is 1. The minimum atomic E-state index is -3.26. The summed E-state index contributed by atoms with van der Waals surface area (Å²) in [5, 5.41) is 6.33. The van der Waals surface area contributed by atoms with E-state index < -0.39 is 10.0 Å². The number of hydrogen-bond acceptors (Lipinski definition) is 5. The lowest BCUT2D eigenvalue weighted by molar-refractivity contribution is 0.590. The van der Waals surface area contributed by atoms with Gasteiger partial charge in [0, 0.05) is 23.5 Å². The van der Waals surface area contributed by atoms with Gasteiger partial charge in [0.05, 0.1) is 17.6 Å². The molecule has 0 fully saturated rings. The quantitative estimate of drug-likeness (QED) is 0.659. The zero-order chi connectivity index (χ0) is 19.7. The zero-order valence-corrected chi connectivity index (χ0v) is 17.6. The Morgan fingerprint density at radius 1 is 1.21 bits per heavy atom. The number of hydrogen-bond donors (Lipinski definition) is 1. The monoisotopic (exact) mass is 413 g/mol. The Bertz CT molecular complexity index is 1080. The Hall–Kier alpha value is -2.38. The first kappa shape index (κ1) is 19.0. The Balaban J connectivity index is 1.47. The minimum absolute atomic E-state index is 0.0501. The van der Waals surface area contributed by atoms with Gasteiger partial charge in [0.15, 0.2) is 5.13 Å². The molecule has 1 aromatic heterocycles. The SMILES string of the molecule is CC1Cc2cc(-c3csc(NCCc4ccccc4)n3)ccc2N1S(C)(=O)=O. The second kappa shape index (κ2) is 7.56. The number of thiazole rings is 1. The van der Waals surface area contributed by atoms with Gasteiger partial charge in [-0.05, 0) is 43.0 Å². The Kier molecular flexibility index (Phi) is 5.12. The van der Waals surface area contributed by atoms with Gasteiger partial charge in [-0.25, -0.2) is 13.4 Å². The Labute approximate surface area is 170 Å². The lowest BCUT2D eigenvalue weighted by Gasteiger charge is -2.21. The first-order valence-corrected chi connectivity index (χ1v) is 12.0. The average Bonchev–Trinajstić information content (AvgIpc) is 3.25. The Morgan fingerprint density at radius 2 is 2.00 bits per heavy atom. The van der Waals surface area contributed by atoms with Crippen molar-refractivity contribution in [3.05, 3.63) is 65.0 Å². The topological polar surface area (TPSA) is 62.3 Å². The molecule has 0 radical (unpaired) electrons. The van der Waals surface area contributed by atoms with Gasteiger partial charge in [-0.15, -0.1) is 11.3 Å². The fourth-order valence-electron chi connectivity index (χ4n) is 3.71. The maximum atomic E-state index is 12.1. The summed E-state index contributed by atoms with van der Waals surface area (Å²) in [6.45, 7) is 2.78. The van der Waals surface area contributed by atoms with Gasteiger partial charge in [0.2, 0.25) is 10.0 Å². The average molecular weight is 414 g/mol. The van der Waals surface area contributed by atoms with E-state index in [4.69, 9.17) is 4.98 Å². The van der Waals surface area contributed by atoms with Crippen LogP contribution < -0.4 is 9.62 Å². The number of nitrogens with one attached hydrogen (secondary N) is 1. The third kappa shape index (κ3) is 3.91. The first-order chi connectivity index (χ1) is 13.4. The van der Waals surface area contributed by atoms with Gasteiger partial charge in [-0.1, -0.05) is 36.4 Å². The number of fused-ring (bicyclic) bond motifs is 1. The smallest absolute Gasteiger partial charge is 0.232 e. The van der Waals surface area contributed by atoms with Crippen LogP contribution in [0.15, 0.2) is 53.9 Å². The lowest BCUT2D eigenvalue weighted by atomic mass is 10.1. The molecule has 2 heterocycles. The summed E-state index contributed by atoms with van der Waals surface area (Å²) < 4.78 is 25.7. The third-order valence-corrected chi connectivity index (χ3v) is 6.99. The van der Waals surface area contributed by atoms with Gasteiger partial charge in [0.1, 0.15) is 0 Å². The molecule has 0 amide bonds. The van der Waals surface area contributed by atoms with Crippen LogP contribution in [0, 0.1) is 0 Å². The number of anilines is 2.